The van der Waals surface area contributed by atoms with Gasteiger partial charge in [-0.1, -0.05) is 66.7 Å². The van der Waals surface area contributed by atoms with E-state index in [0.29, 0.717) is 18.7 Å². The number of methoxy groups -OCH3 is 1. The van der Waals surface area contributed by atoms with Crippen molar-refractivity contribution in [2.45, 2.75) is 19.3 Å². The molecule has 0 spiro atoms. The predicted octanol–water partition coefficient (Wildman–Crippen LogP) is 5.93. The average Bonchev–Trinajstić information content (AvgIpc) is 3.31. The second-order valence-corrected chi connectivity index (χ2v) is 9.22. The first-order chi connectivity index (χ1) is 18.6. The Bertz CT molecular complexity index is 1670. The van der Waals surface area contributed by atoms with Crippen molar-refractivity contribution < 1.29 is 19.4 Å². The van der Waals surface area contributed by atoms with Crippen LogP contribution >= 0.6 is 0 Å². The first kappa shape index (κ1) is 23.7. The van der Waals surface area contributed by atoms with Crippen LogP contribution in [0.2, 0.25) is 0 Å². The number of imidazole rings is 1. The molecule has 0 fully saturated rings. The molecule has 38 heavy (non-hydrogen) atoms. The summed E-state index contributed by atoms with van der Waals surface area (Å²) in [7, 11) is 1.38. The number of ether oxygens (including phenoxy) is 2. The number of benzene rings is 4. The Hall–Kier alpha value is -4.68. The summed E-state index contributed by atoms with van der Waals surface area (Å²) < 4.78 is 13.1. The van der Waals surface area contributed by atoms with Crippen LogP contribution in [-0.2, 0) is 17.9 Å². The standard InChI is InChI=1S/C32H26N2O4/c1-37-32(36)23-12-14-30-27(17-23)26(25-10-6-5-9-24(25)19-38-30)15-16-34-20-33-28-18-22(11-13-29(28)34)31(35)21-7-3-2-4-8-21/h2-15,17-18,20,31,35H,16,19H2,1H3. The molecule has 0 saturated heterocycles. The van der Waals surface area contributed by atoms with Gasteiger partial charge in [-0.15, -0.1) is 0 Å². The number of nitrogens with zero attached hydrogens (tertiary/aromatic N) is 2. The van der Waals surface area contributed by atoms with E-state index in [-0.39, 0.29) is 0 Å². The summed E-state index contributed by atoms with van der Waals surface area (Å²) in [4.78, 5) is 16.9. The van der Waals surface area contributed by atoms with Crippen LogP contribution in [0.15, 0.2) is 103 Å². The number of hydrogen-bond donors (Lipinski definition) is 1. The highest BCUT2D eigenvalue weighted by Gasteiger charge is 2.21. The van der Waals surface area contributed by atoms with Crippen molar-refractivity contribution in [3.05, 3.63) is 137 Å². The van der Waals surface area contributed by atoms with Crippen molar-refractivity contribution in [2.75, 3.05) is 7.11 Å². The molecule has 0 saturated carbocycles. The highest BCUT2D eigenvalue weighted by Crippen LogP contribution is 2.37. The molecule has 0 radical (unpaired) electrons. The number of carbonyl (C=O) groups is 1. The monoisotopic (exact) mass is 502 g/mol. The SMILES string of the molecule is COC(=O)c1ccc2c(c1)C(=CCn1cnc3cc(C(O)c4ccccc4)ccc31)c1ccccc1CO2. The van der Waals surface area contributed by atoms with Gasteiger partial charge in [0, 0.05) is 12.1 Å². The Kier molecular flexibility index (Phi) is 6.23. The lowest BCUT2D eigenvalue weighted by molar-refractivity contribution is 0.0600. The molecule has 6 nitrogen and oxygen atoms in total. The maximum Gasteiger partial charge on any atom is 0.337 e. The lowest BCUT2D eigenvalue weighted by Crippen LogP contribution is -2.03. The van der Waals surface area contributed by atoms with Gasteiger partial charge in [0.25, 0.3) is 0 Å². The summed E-state index contributed by atoms with van der Waals surface area (Å²) in [5.74, 6) is 0.328. The third kappa shape index (κ3) is 4.35. The van der Waals surface area contributed by atoms with Crippen LogP contribution in [-0.4, -0.2) is 27.7 Å². The minimum atomic E-state index is -0.712. The van der Waals surface area contributed by atoms with Crippen LogP contribution in [0, 0.1) is 0 Å². The largest absolute Gasteiger partial charge is 0.488 e. The molecule has 0 aliphatic carbocycles. The summed E-state index contributed by atoms with van der Waals surface area (Å²) >= 11 is 0. The molecule has 1 aliphatic rings. The van der Waals surface area contributed by atoms with Gasteiger partial charge < -0.3 is 19.1 Å². The van der Waals surface area contributed by atoms with E-state index >= 15 is 0 Å². The maximum absolute atomic E-state index is 12.3. The third-order valence-electron chi connectivity index (χ3n) is 6.95. The molecule has 1 aromatic heterocycles. The lowest BCUT2D eigenvalue weighted by Gasteiger charge is -2.13. The van der Waals surface area contributed by atoms with Gasteiger partial charge in [0.15, 0.2) is 0 Å². The minimum Gasteiger partial charge on any atom is -0.488 e. The normalized spacial score (nSPS) is 14.3. The Morgan fingerprint density at radius 1 is 1.00 bits per heavy atom. The van der Waals surface area contributed by atoms with Crippen LogP contribution in [0.25, 0.3) is 16.6 Å². The van der Waals surface area contributed by atoms with Crippen molar-refractivity contribution in [1.82, 2.24) is 9.55 Å². The first-order valence-corrected chi connectivity index (χ1v) is 12.4. The molecule has 6 rings (SSSR count). The van der Waals surface area contributed by atoms with Crippen LogP contribution < -0.4 is 4.74 Å². The van der Waals surface area contributed by atoms with Gasteiger partial charge in [0.1, 0.15) is 18.5 Å². The molecule has 0 bridgehead atoms. The van der Waals surface area contributed by atoms with Crippen molar-refractivity contribution in [1.29, 1.82) is 0 Å². The second-order valence-electron chi connectivity index (χ2n) is 9.22. The number of esters is 1. The van der Waals surface area contributed by atoms with Crippen molar-refractivity contribution in [3.8, 4) is 5.75 Å². The van der Waals surface area contributed by atoms with E-state index in [1.54, 1.807) is 6.07 Å². The summed E-state index contributed by atoms with van der Waals surface area (Å²) in [6, 6.07) is 29.0. The molecule has 1 unspecified atom stereocenters. The lowest BCUT2D eigenvalue weighted by atomic mass is 9.93. The van der Waals surface area contributed by atoms with Crippen molar-refractivity contribution in [3.63, 3.8) is 0 Å². The third-order valence-corrected chi connectivity index (χ3v) is 6.95. The number of allylic oxidation sites excluding steroid dienone is 1. The number of aliphatic hydroxyl groups excluding tert-OH is 1. The molecule has 4 aromatic carbocycles. The quantitative estimate of drug-likeness (QED) is 0.302. The molecule has 6 heteroatoms. The highest BCUT2D eigenvalue weighted by atomic mass is 16.5. The number of rotatable bonds is 5. The average molecular weight is 503 g/mol. The number of carbonyl (C=O) groups excluding carboxylic acids is 1. The van der Waals surface area contributed by atoms with Gasteiger partial charge >= 0.3 is 5.97 Å². The van der Waals surface area contributed by atoms with Gasteiger partial charge in [-0.3, -0.25) is 0 Å². The fourth-order valence-electron chi connectivity index (χ4n) is 4.95. The Morgan fingerprint density at radius 2 is 1.82 bits per heavy atom. The van der Waals surface area contributed by atoms with Crippen molar-refractivity contribution in [2.24, 2.45) is 0 Å². The molecule has 1 N–H and O–H groups in total. The highest BCUT2D eigenvalue weighted by molar-refractivity contribution is 5.93. The van der Waals surface area contributed by atoms with Crippen LogP contribution in [0.1, 0.15) is 44.3 Å². The number of aromatic nitrogens is 2. The van der Waals surface area contributed by atoms with E-state index in [0.717, 1.165) is 50.2 Å². The van der Waals surface area contributed by atoms with E-state index in [9.17, 15) is 9.90 Å². The van der Waals surface area contributed by atoms with E-state index in [1.807, 2.05) is 79.1 Å². The molecule has 188 valence electrons. The molecular formula is C32H26N2O4. The summed E-state index contributed by atoms with van der Waals surface area (Å²) in [6.07, 6.45) is 3.24. The van der Waals surface area contributed by atoms with Crippen LogP contribution in [0.3, 0.4) is 0 Å². The van der Waals surface area contributed by atoms with Gasteiger partial charge in [-0.05, 0) is 58.2 Å². The molecule has 1 atom stereocenters. The molecule has 2 heterocycles. The Balaban J connectivity index is 1.38. The van der Waals surface area contributed by atoms with Crippen LogP contribution in [0.4, 0.5) is 0 Å². The number of fused-ring (bicyclic) bond motifs is 3. The zero-order valence-corrected chi connectivity index (χ0v) is 20.9. The van der Waals surface area contributed by atoms with Gasteiger partial charge in [-0.2, -0.15) is 0 Å². The summed E-state index contributed by atoms with van der Waals surface area (Å²) in [5, 5.41) is 10.8. The first-order valence-electron chi connectivity index (χ1n) is 12.4. The molecule has 5 aromatic rings. The van der Waals surface area contributed by atoms with E-state index < -0.39 is 12.1 Å². The number of aliphatic hydroxyl groups is 1. The predicted molar refractivity (Wildman–Crippen MR) is 146 cm³/mol. The van der Waals surface area contributed by atoms with E-state index in [1.165, 1.54) is 7.11 Å². The molecule has 0 amide bonds. The minimum absolute atomic E-state index is 0.390. The topological polar surface area (TPSA) is 73.6 Å². The zero-order valence-electron chi connectivity index (χ0n) is 20.9. The molecular weight excluding hydrogens is 476 g/mol. The fourth-order valence-corrected chi connectivity index (χ4v) is 4.95. The van der Waals surface area contributed by atoms with Gasteiger partial charge in [-0.25, -0.2) is 9.78 Å². The molecule has 1 aliphatic heterocycles. The Morgan fingerprint density at radius 3 is 2.66 bits per heavy atom. The summed E-state index contributed by atoms with van der Waals surface area (Å²) in [6.45, 7) is 1.00. The summed E-state index contributed by atoms with van der Waals surface area (Å²) in [5.41, 5.74) is 7.85. The zero-order chi connectivity index (χ0) is 26.1. The van der Waals surface area contributed by atoms with Gasteiger partial charge in [0.05, 0.1) is 30.0 Å². The van der Waals surface area contributed by atoms with Crippen molar-refractivity contribution >= 4 is 22.6 Å². The number of hydrogen-bond acceptors (Lipinski definition) is 5. The Labute approximate surface area is 220 Å². The van der Waals surface area contributed by atoms with E-state index in [4.69, 9.17) is 9.47 Å². The fraction of sp³-hybridized carbons (Fsp3) is 0.125. The van der Waals surface area contributed by atoms with E-state index in [2.05, 4.69) is 27.8 Å². The van der Waals surface area contributed by atoms with Gasteiger partial charge in [0.2, 0.25) is 0 Å². The maximum atomic E-state index is 12.3. The second kappa shape index (κ2) is 10.00. The van der Waals surface area contributed by atoms with Crippen LogP contribution in [0.5, 0.6) is 5.75 Å². The smallest absolute Gasteiger partial charge is 0.337 e.